The van der Waals surface area contributed by atoms with Gasteiger partial charge in [0.2, 0.25) is 0 Å². The minimum absolute atomic E-state index is 0.0293. The molecule has 0 N–H and O–H groups in total. The molecule has 4 nitrogen and oxygen atoms in total. The summed E-state index contributed by atoms with van der Waals surface area (Å²) in [6, 6.07) is 7.72. The van der Waals surface area contributed by atoms with Gasteiger partial charge in [-0.3, -0.25) is 4.79 Å². The van der Waals surface area contributed by atoms with Gasteiger partial charge in [0.15, 0.2) is 0 Å². The fourth-order valence-corrected chi connectivity index (χ4v) is 3.29. The zero-order valence-corrected chi connectivity index (χ0v) is 15.0. The number of esters is 1. The Bertz CT molecular complexity index is 819. The Morgan fingerprint density at radius 3 is 2.46 bits per heavy atom. The Morgan fingerprint density at radius 2 is 1.83 bits per heavy atom. The average Bonchev–Trinajstić information content (AvgIpc) is 3.04. The van der Waals surface area contributed by atoms with E-state index in [9.17, 15) is 4.79 Å². The molecule has 1 saturated carbocycles. The van der Waals surface area contributed by atoms with Gasteiger partial charge in [-0.25, -0.2) is 9.97 Å². The molecule has 1 fully saturated rings. The smallest absolute Gasteiger partial charge is 0.310 e. The van der Waals surface area contributed by atoms with Gasteiger partial charge in [-0.15, -0.1) is 0 Å². The molecule has 1 aromatic heterocycles. The van der Waals surface area contributed by atoms with E-state index in [1.54, 1.807) is 0 Å². The molecule has 1 aromatic carbocycles. The van der Waals surface area contributed by atoms with Crippen LogP contribution >= 0.6 is 0 Å². The van der Waals surface area contributed by atoms with Crippen LogP contribution in [-0.2, 0) is 16.1 Å². The summed E-state index contributed by atoms with van der Waals surface area (Å²) < 4.78 is 5.56. The first-order chi connectivity index (χ1) is 11.3. The second kappa shape index (κ2) is 6.00. The van der Waals surface area contributed by atoms with Gasteiger partial charge in [0.05, 0.1) is 28.3 Å². The van der Waals surface area contributed by atoms with Crippen molar-refractivity contribution in [2.75, 3.05) is 0 Å². The molecule has 1 heterocycles. The third-order valence-corrected chi connectivity index (χ3v) is 4.87. The third kappa shape index (κ3) is 3.05. The van der Waals surface area contributed by atoms with Gasteiger partial charge in [0, 0.05) is 0 Å². The number of carbonyl (C=O) groups is 1. The molecule has 4 heteroatoms. The Labute approximate surface area is 143 Å². The van der Waals surface area contributed by atoms with E-state index >= 15 is 0 Å². The molecule has 3 rings (SSSR count). The van der Waals surface area contributed by atoms with Crippen molar-refractivity contribution < 1.29 is 9.53 Å². The standard InChI is InChI=1S/C20H24N2O2/c1-12(2)10-14-18(20(14,4)5)19(23)24-11-17-13(3)21-15-8-6-7-9-16(15)22-17/h6-10,14,18H,11H2,1-5H3/t14-,18+/m0/s1. The maximum absolute atomic E-state index is 12.5. The Kier molecular flexibility index (Phi) is 4.16. The van der Waals surface area contributed by atoms with Crippen LogP contribution < -0.4 is 0 Å². The molecule has 0 radical (unpaired) electrons. The molecule has 2 atom stereocenters. The number of para-hydroxylation sites is 2. The van der Waals surface area contributed by atoms with E-state index in [4.69, 9.17) is 4.74 Å². The monoisotopic (exact) mass is 324 g/mol. The van der Waals surface area contributed by atoms with Crippen molar-refractivity contribution in [1.82, 2.24) is 9.97 Å². The Morgan fingerprint density at radius 1 is 1.21 bits per heavy atom. The number of aromatic nitrogens is 2. The lowest BCUT2D eigenvalue weighted by Gasteiger charge is -2.08. The van der Waals surface area contributed by atoms with Crippen LogP contribution in [0.15, 0.2) is 35.9 Å². The summed E-state index contributed by atoms with van der Waals surface area (Å²) in [7, 11) is 0. The second-order valence-electron chi connectivity index (χ2n) is 7.42. The number of hydrogen-bond acceptors (Lipinski definition) is 4. The number of fused-ring (bicyclic) bond motifs is 1. The van der Waals surface area contributed by atoms with E-state index in [1.165, 1.54) is 5.57 Å². The first kappa shape index (κ1) is 16.6. The largest absolute Gasteiger partial charge is 0.459 e. The van der Waals surface area contributed by atoms with Gasteiger partial charge >= 0.3 is 5.97 Å². The van der Waals surface area contributed by atoms with Crippen molar-refractivity contribution in [3.8, 4) is 0 Å². The van der Waals surface area contributed by atoms with Crippen LogP contribution in [0.3, 0.4) is 0 Å². The van der Waals surface area contributed by atoms with Crippen LogP contribution in [0.5, 0.6) is 0 Å². The minimum atomic E-state index is -0.142. The summed E-state index contributed by atoms with van der Waals surface area (Å²) in [4.78, 5) is 21.6. The van der Waals surface area contributed by atoms with Crippen molar-refractivity contribution in [2.24, 2.45) is 17.3 Å². The van der Waals surface area contributed by atoms with Crippen LogP contribution in [0.25, 0.3) is 11.0 Å². The predicted octanol–water partition coefficient (Wildman–Crippen LogP) is 4.22. The molecule has 0 bridgehead atoms. The van der Waals surface area contributed by atoms with Crippen LogP contribution in [0.1, 0.15) is 39.1 Å². The molecule has 0 saturated heterocycles. The van der Waals surface area contributed by atoms with Crippen molar-refractivity contribution in [3.63, 3.8) is 0 Å². The molecule has 24 heavy (non-hydrogen) atoms. The zero-order valence-electron chi connectivity index (χ0n) is 15.0. The SMILES string of the molecule is CC(C)=C[C@H]1[C@H](C(=O)OCc2nc3ccccc3nc2C)C1(C)C. The Balaban J connectivity index is 1.71. The van der Waals surface area contributed by atoms with Crippen LogP contribution in [0, 0.1) is 24.2 Å². The van der Waals surface area contributed by atoms with E-state index < -0.39 is 0 Å². The van der Waals surface area contributed by atoms with Gasteiger partial charge in [-0.05, 0) is 44.2 Å². The number of allylic oxidation sites excluding steroid dienone is 2. The normalized spacial score (nSPS) is 21.4. The fourth-order valence-electron chi connectivity index (χ4n) is 3.29. The first-order valence-electron chi connectivity index (χ1n) is 8.34. The molecule has 2 aromatic rings. The lowest BCUT2D eigenvalue weighted by Crippen LogP contribution is -2.12. The van der Waals surface area contributed by atoms with Crippen LogP contribution in [0.2, 0.25) is 0 Å². The van der Waals surface area contributed by atoms with E-state index in [0.29, 0.717) is 0 Å². The number of benzene rings is 1. The topological polar surface area (TPSA) is 52.1 Å². The lowest BCUT2D eigenvalue weighted by molar-refractivity contribution is -0.147. The molecule has 126 valence electrons. The van der Waals surface area contributed by atoms with E-state index in [2.05, 4.69) is 43.7 Å². The molecule has 1 aliphatic carbocycles. The van der Waals surface area contributed by atoms with E-state index in [0.717, 1.165) is 22.4 Å². The number of aryl methyl sites for hydroxylation is 1. The van der Waals surface area contributed by atoms with Crippen LogP contribution in [0.4, 0.5) is 0 Å². The number of hydrogen-bond donors (Lipinski definition) is 0. The molecule has 1 aliphatic rings. The highest BCUT2D eigenvalue weighted by Gasteiger charge is 2.61. The summed E-state index contributed by atoms with van der Waals surface area (Å²) in [6.07, 6.45) is 2.17. The van der Waals surface area contributed by atoms with Gasteiger partial charge in [0.25, 0.3) is 0 Å². The molecule has 0 aliphatic heterocycles. The summed E-state index contributed by atoms with van der Waals surface area (Å²) in [5.41, 5.74) is 4.41. The van der Waals surface area contributed by atoms with Gasteiger partial charge < -0.3 is 4.74 Å². The molecule has 0 unspecified atom stereocenters. The summed E-state index contributed by atoms with van der Waals surface area (Å²) in [6.45, 7) is 10.4. The summed E-state index contributed by atoms with van der Waals surface area (Å²) in [5, 5.41) is 0. The van der Waals surface area contributed by atoms with E-state index in [1.807, 2.05) is 31.2 Å². The van der Waals surface area contributed by atoms with Gasteiger partial charge in [-0.1, -0.05) is 37.6 Å². The molecule has 0 amide bonds. The van der Waals surface area contributed by atoms with Crippen molar-refractivity contribution in [1.29, 1.82) is 0 Å². The average molecular weight is 324 g/mol. The van der Waals surface area contributed by atoms with Crippen molar-refractivity contribution in [2.45, 2.75) is 41.2 Å². The van der Waals surface area contributed by atoms with Crippen LogP contribution in [-0.4, -0.2) is 15.9 Å². The van der Waals surface area contributed by atoms with Gasteiger partial charge in [0.1, 0.15) is 6.61 Å². The highest BCUT2D eigenvalue weighted by Crippen LogP contribution is 2.59. The van der Waals surface area contributed by atoms with Gasteiger partial charge in [-0.2, -0.15) is 0 Å². The molecular formula is C20H24N2O2. The predicted molar refractivity (Wildman–Crippen MR) is 94.3 cm³/mol. The molecular weight excluding hydrogens is 300 g/mol. The highest BCUT2D eigenvalue weighted by atomic mass is 16.5. The molecule has 0 spiro atoms. The quantitative estimate of drug-likeness (QED) is 0.624. The van der Waals surface area contributed by atoms with Crippen molar-refractivity contribution in [3.05, 3.63) is 47.3 Å². The maximum atomic E-state index is 12.5. The number of ether oxygens (including phenoxy) is 1. The highest BCUT2D eigenvalue weighted by molar-refractivity contribution is 5.78. The number of carbonyl (C=O) groups excluding carboxylic acids is 1. The fraction of sp³-hybridized carbons (Fsp3) is 0.450. The third-order valence-electron chi connectivity index (χ3n) is 4.87. The maximum Gasteiger partial charge on any atom is 0.310 e. The Hall–Kier alpha value is -2.23. The lowest BCUT2D eigenvalue weighted by atomic mass is 10.1. The minimum Gasteiger partial charge on any atom is -0.459 e. The summed E-state index contributed by atoms with van der Waals surface area (Å²) in [5.74, 6) is 0.0526. The second-order valence-corrected chi connectivity index (χ2v) is 7.42. The van der Waals surface area contributed by atoms with E-state index in [-0.39, 0.29) is 29.8 Å². The first-order valence-corrected chi connectivity index (χ1v) is 8.34. The summed E-state index contributed by atoms with van der Waals surface area (Å²) >= 11 is 0. The zero-order chi connectivity index (χ0) is 17.5. The van der Waals surface area contributed by atoms with Crippen molar-refractivity contribution >= 4 is 17.0 Å². The number of rotatable bonds is 4. The number of nitrogens with zero attached hydrogens (tertiary/aromatic N) is 2.